The lowest BCUT2D eigenvalue weighted by Gasteiger charge is -2.09. The minimum atomic E-state index is -0.708. The van der Waals surface area contributed by atoms with Gasteiger partial charge < -0.3 is 14.2 Å². The van der Waals surface area contributed by atoms with Crippen molar-refractivity contribution in [1.29, 1.82) is 0 Å². The summed E-state index contributed by atoms with van der Waals surface area (Å²) in [6.45, 7) is 8.65. The van der Waals surface area contributed by atoms with E-state index in [0.29, 0.717) is 6.42 Å². The minimum Gasteiger partial charge on any atom is -0.462 e. The number of esters is 3. The highest BCUT2D eigenvalue weighted by Gasteiger charge is 2.14. The molecule has 0 heterocycles. The van der Waals surface area contributed by atoms with Crippen molar-refractivity contribution in [2.75, 3.05) is 6.61 Å². The van der Waals surface area contributed by atoms with E-state index in [2.05, 4.69) is 13.2 Å². The lowest BCUT2D eigenvalue weighted by Crippen LogP contribution is -2.10. The fourth-order valence-electron chi connectivity index (χ4n) is 1.40. The van der Waals surface area contributed by atoms with E-state index in [-0.39, 0.29) is 23.7 Å². The molecule has 0 aliphatic heterocycles. The predicted octanol–water partition coefficient (Wildman–Crippen LogP) is 2.44. The number of hydrogen-bond donors (Lipinski definition) is 0. The van der Waals surface area contributed by atoms with Crippen LogP contribution in [0.15, 0.2) is 43.5 Å². The lowest BCUT2D eigenvalue weighted by atomic mass is 10.2. The number of carbonyl (C=O) groups excluding carboxylic acids is 3. The Morgan fingerprint density at radius 3 is 1.91 bits per heavy atom. The van der Waals surface area contributed by atoms with Crippen molar-refractivity contribution in [2.24, 2.45) is 0 Å². The van der Waals surface area contributed by atoms with Crippen LogP contribution >= 0.6 is 0 Å². The van der Waals surface area contributed by atoms with Gasteiger partial charge in [-0.1, -0.05) is 20.1 Å². The van der Waals surface area contributed by atoms with Gasteiger partial charge in [-0.05, 0) is 18.6 Å². The highest BCUT2D eigenvalue weighted by Crippen LogP contribution is 2.24. The van der Waals surface area contributed by atoms with E-state index in [1.807, 2.05) is 6.92 Å². The maximum absolute atomic E-state index is 11.9. The summed E-state index contributed by atoms with van der Waals surface area (Å²) >= 11 is 0. The molecule has 0 spiro atoms. The highest BCUT2D eigenvalue weighted by molar-refractivity contribution is 5.92. The van der Waals surface area contributed by atoms with Crippen molar-refractivity contribution in [2.45, 2.75) is 13.3 Å². The van der Waals surface area contributed by atoms with Gasteiger partial charge >= 0.3 is 17.9 Å². The van der Waals surface area contributed by atoms with E-state index in [4.69, 9.17) is 14.2 Å². The van der Waals surface area contributed by atoms with Gasteiger partial charge in [0.05, 0.1) is 12.2 Å². The Morgan fingerprint density at radius 1 is 1.00 bits per heavy atom. The molecule has 1 aromatic rings. The van der Waals surface area contributed by atoms with Crippen LogP contribution in [-0.4, -0.2) is 24.5 Å². The lowest BCUT2D eigenvalue weighted by molar-refractivity contribution is -0.129. The Bertz CT molecular complexity index is 562. The molecule has 0 aromatic heterocycles. The summed E-state index contributed by atoms with van der Waals surface area (Å²) in [5, 5.41) is 0. The molecular formula is C16H16O6. The molecular weight excluding hydrogens is 288 g/mol. The maximum Gasteiger partial charge on any atom is 0.338 e. The third-order valence-electron chi connectivity index (χ3n) is 2.32. The van der Waals surface area contributed by atoms with Crippen molar-refractivity contribution >= 4 is 17.9 Å². The average molecular weight is 304 g/mol. The summed E-state index contributed by atoms with van der Waals surface area (Å²) in [7, 11) is 0. The van der Waals surface area contributed by atoms with Crippen LogP contribution in [0.4, 0.5) is 0 Å². The van der Waals surface area contributed by atoms with Gasteiger partial charge in [0.2, 0.25) is 0 Å². The molecule has 0 aliphatic carbocycles. The molecule has 1 rings (SSSR count). The summed E-state index contributed by atoms with van der Waals surface area (Å²) in [5.41, 5.74) is 0.0923. The molecule has 1 aromatic carbocycles. The first-order valence-electron chi connectivity index (χ1n) is 6.50. The van der Waals surface area contributed by atoms with Crippen molar-refractivity contribution in [3.63, 3.8) is 0 Å². The topological polar surface area (TPSA) is 78.9 Å². The van der Waals surface area contributed by atoms with E-state index < -0.39 is 17.9 Å². The Morgan fingerprint density at radius 2 is 1.50 bits per heavy atom. The van der Waals surface area contributed by atoms with Gasteiger partial charge in [0.25, 0.3) is 0 Å². The molecule has 0 saturated heterocycles. The largest absolute Gasteiger partial charge is 0.462 e. The van der Waals surface area contributed by atoms with Crippen LogP contribution in [0.3, 0.4) is 0 Å². The Hall–Kier alpha value is -2.89. The molecule has 0 bridgehead atoms. The fourth-order valence-corrected chi connectivity index (χ4v) is 1.40. The van der Waals surface area contributed by atoms with E-state index in [1.165, 1.54) is 18.2 Å². The van der Waals surface area contributed by atoms with E-state index in [0.717, 1.165) is 12.2 Å². The van der Waals surface area contributed by atoms with Crippen LogP contribution in [0.2, 0.25) is 0 Å². The molecule has 6 heteroatoms. The maximum atomic E-state index is 11.9. The highest BCUT2D eigenvalue weighted by atomic mass is 16.5. The second-order valence-electron chi connectivity index (χ2n) is 4.08. The van der Waals surface area contributed by atoms with Crippen molar-refractivity contribution < 1.29 is 28.6 Å². The van der Waals surface area contributed by atoms with Gasteiger partial charge in [0.1, 0.15) is 11.5 Å². The summed E-state index contributed by atoms with van der Waals surface area (Å²) < 4.78 is 14.9. The van der Waals surface area contributed by atoms with Crippen LogP contribution in [0.5, 0.6) is 11.5 Å². The second-order valence-corrected chi connectivity index (χ2v) is 4.08. The first-order valence-corrected chi connectivity index (χ1v) is 6.50. The Balaban J connectivity index is 3.10. The van der Waals surface area contributed by atoms with Gasteiger partial charge in [-0.3, -0.25) is 0 Å². The van der Waals surface area contributed by atoms with Crippen LogP contribution < -0.4 is 9.47 Å². The van der Waals surface area contributed by atoms with Crippen molar-refractivity contribution in [3.8, 4) is 11.5 Å². The Kier molecular flexibility index (Phi) is 6.56. The summed E-state index contributed by atoms with van der Waals surface area (Å²) in [4.78, 5) is 34.4. The number of rotatable bonds is 7. The molecule has 116 valence electrons. The molecule has 0 amide bonds. The zero-order valence-corrected chi connectivity index (χ0v) is 12.2. The van der Waals surface area contributed by atoms with E-state index in [9.17, 15) is 14.4 Å². The van der Waals surface area contributed by atoms with Crippen LogP contribution in [0.1, 0.15) is 23.7 Å². The first-order chi connectivity index (χ1) is 10.5. The van der Waals surface area contributed by atoms with Crippen LogP contribution in [-0.2, 0) is 14.3 Å². The van der Waals surface area contributed by atoms with E-state index >= 15 is 0 Å². The summed E-state index contributed by atoms with van der Waals surface area (Å²) in [6, 6.07) is 3.91. The molecule has 0 aliphatic rings. The molecule has 0 unspecified atom stereocenters. The van der Waals surface area contributed by atoms with Gasteiger partial charge in [0, 0.05) is 18.2 Å². The SMILES string of the molecule is C=CC(=O)Oc1cc(OC(=O)C=C)cc(C(=O)OCCC)c1. The van der Waals surface area contributed by atoms with Crippen molar-refractivity contribution in [3.05, 3.63) is 49.1 Å². The number of hydrogen-bond acceptors (Lipinski definition) is 6. The monoisotopic (exact) mass is 304 g/mol. The zero-order chi connectivity index (χ0) is 16.5. The van der Waals surface area contributed by atoms with Gasteiger partial charge in [-0.15, -0.1) is 0 Å². The summed E-state index contributed by atoms with van der Waals surface area (Å²) in [6.07, 6.45) is 2.60. The first kappa shape index (κ1) is 17.2. The minimum absolute atomic E-state index is 0.0303. The number of carbonyl (C=O) groups is 3. The Labute approximate surface area is 128 Å². The molecule has 0 atom stereocenters. The standard InChI is InChI=1S/C16H16O6/c1-4-7-20-16(19)11-8-12(21-14(17)5-2)10-13(9-11)22-15(18)6-3/h5-6,8-10H,2-4,7H2,1H3. The molecule has 22 heavy (non-hydrogen) atoms. The number of benzene rings is 1. The molecule has 0 N–H and O–H groups in total. The van der Waals surface area contributed by atoms with Gasteiger partial charge in [0.15, 0.2) is 0 Å². The molecule has 0 saturated carbocycles. The fraction of sp³-hybridized carbons (Fsp3) is 0.188. The van der Waals surface area contributed by atoms with Gasteiger partial charge in [-0.25, -0.2) is 14.4 Å². The normalized spacial score (nSPS) is 9.50. The third kappa shape index (κ3) is 5.24. The molecule has 6 nitrogen and oxygen atoms in total. The van der Waals surface area contributed by atoms with Crippen LogP contribution in [0.25, 0.3) is 0 Å². The predicted molar refractivity (Wildman–Crippen MR) is 78.7 cm³/mol. The smallest absolute Gasteiger partial charge is 0.338 e. The second kappa shape index (κ2) is 8.41. The number of ether oxygens (including phenoxy) is 3. The molecule has 0 fully saturated rings. The average Bonchev–Trinajstić information content (AvgIpc) is 2.51. The van der Waals surface area contributed by atoms with Crippen molar-refractivity contribution in [1.82, 2.24) is 0 Å². The van der Waals surface area contributed by atoms with E-state index in [1.54, 1.807) is 0 Å². The van der Waals surface area contributed by atoms with Gasteiger partial charge in [-0.2, -0.15) is 0 Å². The molecule has 0 radical (unpaired) electrons. The summed E-state index contributed by atoms with van der Waals surface area (Å²) in [5.74, 6) is -1.97. The third-order valence-corrected chi connectivity index (χ3v) is 2.32. The quantitative estimate of drug-likeness (QED) is 0.437. The zero-order valence-electron chi connectivity index (χ0n) is 12.2. The van der Waals surface area contributed by atoms with Crippen LogP contribution in [0, 0.1) is 0 Å².